The molecule has 188 valence electrons. The van der Waals surface area contributed by atoms with E-state index in [0.717, 1.165) is 29.5 Å². The molecular formula is C30H34ClN3O2. The molecule has 3 aromatic carbocycles. The molecule has 6 heteroatoms. The molecule has 0 unspecified atom stereocenters. The summed E-state index contributed by atoms with van der Waals surface area (Å²) in [4.78, 5) is 14.5. The van der Waals surface area contributed by atoms with Crippen molar-refractivity contribution in [1.82, 2.24) is 15.0 Å². The number of carbonyl (C=O) groups excluding carboxylic acids is 1. The maximum atomic E-state index is 13.0. The number of nitrogens with zero attached hydrogens (tertiary/aromatic N) is 3. The molecule has 5 nitrogen and oxygen atoms in total. The van der Waals surface area contributed by atoms with Crippen LogP contribution in [0.4, 0.5) is 0 Å². The number of benzene rings is 3. The van der Waals surface area contributed by atoms with Gasteiger partial charge < -0.3 is 5.11 Å². The van der Waals surface area contributed by atoms with Crippen LogP contribution in [0.15, 0.2) is 60.7 Å². The van der Waals surface area contributed by atoms with Crippen molar-refractivity contribution in [1.29, 1.82) is 0 Å². The molecular weight excluding hydrogens is 470 g/mol. The van der Waals surface area contributed by atoms with Gasteiger partial charge in [0.25, 0.3) is 0 Å². The Morgan fingerprint density at radius 1 is 0.972 bits per heavy atom. The summed E-state index contributed by atoms with van der Waals surface area (Å²) in [7, 11) is 0. The Kier molecular flexibility index (Phi) is 7.24. The lowest BCUT2D eigenvalue weighted by molar-refractivity contribution is -0.127. The van der Waals surface area contributed by atoms with Gasteiger partial charge in [-0.2, -0.15) is 0 Å². The van der Waals surface area contributed by atoms with Crippen LogP contribution in [0.5, 0.6) is 5.75 Å². The fourth-order valence-electron chi connectivity index (χ4n) is 4.82. The highest BCUT2D eigenvalue weighted by atomic mass is 35.5. The molecule has 0 fully saturated rings. The van der Waals surface area contributed by atoms with Crippen molar-refractivity contribution in [3.05, 3.63) is 82.4 Å². The quantitative estimate of drug-likeness (QED) is 0.258. The summed E-state index contributed by atoms with van der Waals surface area (Å²) in [6.45, 7) is 10.3. The van der Waals surface area contributed by atoms with Gasteiger partial charge in [-0.25, -0.2) is 0 Å². The van der Waals surface area contributed by atoms with Crippen LogP contribution < -0.4 is 0 Å². The van der Waals surface area contributed by atoms with Gasteiger partial charge in [-0.3, -0.25) is 4.79 Å². The number of hydrogen-bond acceptors (Lipinski definition) is 4. The highest BCUT2D eigenvalue weighted by Gasteiger charge is 2.30. The monoisotopic (exact) mass is 503 g/mol. The number of phenols is 1. The van der Waals surface area contributed by atoms with E-state index in [-0.39, 0.29) is 16.9 Å². The molecule has 0 aliphatic heterocycles. The Morgan fingerprint density at radius 2 is 1.67 bits per heavy atom. The number of hydrogen-bond donors (Lipinski definition) is 1. The number of halogens is 1. The third kappa shape index (κ3) is 5.17. The third-order valence-electron chi connectivity index (χ3n) is 7.15. The molecule has 0 aliphatic carbocycles. The molecule has 4 aromatic rings. The second-order valence-electron chi connectivity index (χ2n) is 10.7. The third-order valence-corrected chi connectivity index (χ3v) is 7.38. The van der Waals surface area contributed by atoms with E-state index in [1.807, 2.05) is 50.2 Å². The van der Waals surface area contributed by atoms with Gasteiger partial charge in [0.2, 0.25) is 0 Å². The van der Waals surface area contributed by atoms with Crippen molar-refractivity contribution in [2.24, 2.45) is 5.41 Å². The van der Waals surface area contributed by atoms with E-state index in [0.29, 0.717) is 34.6 Å². The number of aromatic nitrogens is 3. The van der Waals surface area contributed by atoms with Crippen LogP contribution in [0.25, 0.3) is 16.7 Å². The average molecular weight is 504 g/mol. The maximum absolute atomic E-state index is 13.0. The van der Waals surface area contributed by atoms with E-state index < -0.39 is 5.41 Å². The molecule has 1 N–H and O–H groups in total. The van der Waals surface area contributed by atoms with Gasteiger partial charge in [0.15, 0.2) is 0 Å². The van der Waals surface area contributed by atoms with Crippen LogP contribution in [-0.4, -0.2) is 25.9 Å². The summed E-state index contributed by atoms with van der Waals surface area (Å²) in [5, 5.41) is 21.3. The second kappa shape index (κ2) is 10.1. The standard InChI is InChI=1S/C30H34ClN3O2/c1-6-16-29(2,3)27(35)15-12-20-17-23(30(4,5)21-10-8-7-9-11-21)28(36)26(18-20)34-32-24-14-13-22(31)19-25(24)33-34/h7-11,13-14,17-19,36H,6,12,15-16H2,1-5H3. The fraction of sp³-hybridized carbons (Fsp3) is 0.367. The molecule has 0 spiro atoms. The van der Waals surface area contributed by atoms with E-state index >= 15 is 0 Å². The summed E-state index contributed by atoms with van der Waals surface area (Å²) in [6.07, 6.45) is 2.85. The number of rotatable bonds is 9. The number of phenolic OH excluding ortho intramolecular Hbond substituents is 1. The van der Waals surface area contributed by atoms with E-state index in [1.54, 1.807) is 12.1 Å². The maximum Gasteiger partial charge on any atom is 0.147 e. The fourth-order valence-corrected chi connectivity index (χ4v) is 4.98. The Bertz CT molecular complexity index is 1390. The number of aryl methyl sites for hydroxylation is 1. The van der Waals surface area contributed by atoms with Crippen LogP contribution in [0.2, 0.25) is 5.02 Å². The largest absolute Gasteiger partial charge is 0.505 e. The lowest BCUT2D eigenvalue weighted by Gasteiger charge is -2.28. The van der Waals surface area contributed by atoms with Crippen molar-refractivity contribution in [3.63, 3.8) is 0 Å². The van der Waals surface area contributed by atoms with E-state index in [4.69, 9.17) is 11.6 Å². The van der Waals surface area contributed by atoms with E-state index in [1.165, 1.54) is 4.80 Å². The Balaban J connectivity index is 1.81. The van der Waals surface area contributed by atoms with Crippen LogP contribution in [-0.2, 0) is 16.6 Å². The summed E-state index contributed by atoms with van der Waals surface area (Å²) in [5.74, 6) is 0.372. The van der Waals surface area contributed by atoms with Crippen molar-refractivity contribution >= 4 is 28.4 Å². The minimum absolute atomic E-state index is 0.122. The zero-order chi connectivity index (χ0) is 26.1. The molecule has 36 heavy (non-hydrogen) atoms. The van der Waals surface area contributed by atoms with Gasteiger partial charge in [0.1, 0.15) is 28.3 Å². The first-order chi connectivity index (χ1) is 17.0. The van der Waals surface area contributed by atoms with Crippen LogP contribution in [0.1, 0.15) is 70.6 Å². The van der Waals surface area contributed by atoms with Crippen molar-refractivity contribution < 1.29 is 9.90 Å². The Hall–Kier alpha value is -3.18. The molecule has 1 aromatic heterocycles. The van der Waals surface area contributed by atoms with Gasteiger partial charge in [-0.15, -0.1) is 15.0 Å². The van der Waals surface area contributed by atoms with Crippen molar-refractivity contribution in [3.8, 4) is 11.4 Å². The number of aromatic hydroxyl groups is 1. The van der Waals surface area contributed by atoms with Crippen molar-refractivity contribution in [2.75, 3.05) is 0 Å². The number of Topliss-reactive ketones (excluding diaryl/α,β-unsaturated/α-hetero) is 1. The van der Waals surface area contributed by atoms with Gasteiger partial charge in [-0.1, -0.05) is 89.0 Å². The van der Waals surface area contributed by atoms with Gasteiger partial charge in [-0.05, 0) is 48.2 Å². The SMILES string of the molecule is CCCC(C)(C)C(=O)CCc1cc(-n2nc3ccc(Cl)cc3n2)c(O)c(C(C)(C)c2ccccc2)c1. The first-order valence-corrected chi connectivity index (χ1v) is 12.9. The summed E-state index contributed by atoms with van der Waals surface area (Å²) >= 11 is 6.16. The van der Waals surface area contributed by atoms with Crippen molar-refractivity contribution in [2.45, 2.75) is 65.7 Å². The summed E-state index contributed by atoms with van der Waals surface area (Å²) in [5.41, 5.74) is 3.78. The molecule has 4 rings (SSSR count). The molecule has 0 atom stereocenters. The minimum Gasteiger partial charge on any atom is -0.505 e. The molecule has 0 bridgehead atoms. The number of fused-ring (bicyclic) bond motifs is 1. The molecule has 0 saturated heterocycles. The van der Waals surface area contributed by atoms with Gasteiger partial charge in [0.05, 0.1) is 0 Å². The highest BCUT2D eigenvalue weighted by molar-refractivity contribution is 6.31. The highest BCUT2D eigenvalue weighted by Crippen LogP contribution is 2.41. The first kappa shape index (κ1) is 25.9. The molecule has 0 saturated carbocycles. The van der Waals surface area contributed by atoms with Crippen LogP contribution in [0, 0.1) is 5.41 Å². The normalized spacial score (nSPS) is 12.3. The first-order valence-electron chi connectivity index (χ1n) is 12.5. The Labute approximate surface area is 218 Å². The lowest BCUT2D eigenvalue weighted by Crippen LogP contribution is -2.24. The smallest absolute Gasteiger partial charge is 0.147 e. The van der Waals surface area contributed by atoms with Gasteiger partial charge >= 0.3 is 0 Å². The summed E-state index contributed by atoms with van der Waals surface area (Å²) < 4.78 is 0. The predicted octanol–water partition coefficient (Wildman–Crippen LogP) is 7.43. The zero-order valence-corrected chi connectivity index (χ0v) is 22.4. The molecule has 1 heterocycles. The number of ketones is 1. The minimum atomic E-state index is -0.489. The average Bonchev–Trinajstić information content (AvgIpc) is 3.26. The zero-order valence-electron chi connectivity index (χ0n) is 21.7. The summed E-state index contributed by atoms with van der Waals surface area (Å²) in [6, 6.07) is 19.3. The molecule has 0 amide bonds. The van der Waals surface area contributed by atoms with E-state index in [9.17, 15) is 9.90 Å². The van der Waals surface area contributed by atoms with E-state index in [2.05, 4.69) is 43.1 Å². The van der Waals surface area contributed by atoms with Crippen LogP contribution >= 0.6 is 11.6 Å². The van der Waals surface area contributed by atoms with Crippen LogP contribution in [0.3, 0.4) is 0 Å². The lowest BCUT2D eigenvalue weighted by atomic mass is 9.76. The topological polar surface area (TPSA) is 68.0 Å². The second-order valence-corrected chi connectivity index (χ2v) is 11.1. The Morgan fingerprint density at radius 3 is 2.36 bits per heavy atom. The predicted molar refractivity (Wildman–Crippen MR) is 146 cm³/mol. The molecule has 0 aliphatic rings. The van der Waals surface area contributed by atoms with Gasteiger partial charge in [0, 0.05) is 27.8 Å². The molecule has 0 radical (unpaired) electrons. The number of carbonyl (C=O) groups is 1.